The van der Waals surface area contributed by atoms with E-state index in [1.807, 2.05) is 6.07 Å². The molecule has 0 rings (SSSR count). The summed E-state index contributed by atoms with van der Waals surface area (Å²) in [6.07, 6.45) is 0.105. The Morgan fingerprint density at radius 1 is 1.50 bits per heavy atom. The number of hydrogen-bond donors (Lipinski definition) is 2. The zero-order valence-electron chi connectivity index (χ0n) is 9.78. The minimum absolute atomic E-state index is 0.0988. The van der Waals surface area contributed by atoms with Gasteiger partial charge in [-0.2, -0.15) is 5.26 Å². The number of nitrogens with one attached hydrogen (secondary N) is 1. The molecule has 0 saturated heterocycles. The molecule has 16 heavy (non-hydrogen) atoms. The van der Waals surface area contributed by atoms with E-state index < -0.39 is 17.5 Å². The Hall–Kier alpha value is -1.77. The summed E-state index contributed by atoms with van der Waals surface area (Å²) in [4.78, 5) is 23.8. The maximum absolute atomic E-state index is 11.6. The van der Waals surface area contributed by atoms with E-state index in [0.29, 0.717) is 6.54 Å². The maximum atomic E-state index is 11.6. The first-order chi connectivity index (χ1) is 7.37. The van der Waals surface area contributed by atoms with Crippen LogP contribution in [0.2, 0.25) is 0 Å². The molecule has 0 bridgehead atoms. The van der Waals surface area contributed by atoms with E-state index in [0.717, 1.165) is 4.90 Å². The van der Waals surface area contributed by atoms with Gasteiger partial charge in [-0.25, -0.2) is 9.59 Å². The summed E-state index contributed by atoms with van der Waals surface area (Å²) in [7, 11) is 0. The van der Waals surface area contributed by atoms with Gasteiger partial charge in [0.15, 0.2) is 0 Å². The van der Waals surface area contributed by atoms with Crippen molar-refractivity contribution in [1.29, 1.82) is 5.26 Å². The van der Waals surface area contributed by atoms with Gasteiger partial charge in [-0.05, 0) is 20.8 Å². The molecule has 0 fully saturated rings. The van der Waals surface area contributed by atoms with Gasteiger partial charge in [0.05, 0.1) is 12.5 Å². The van der Waals surface area contributed by atoms with E-state index in [9.17, 15) is 9.59 Å². The van der Waals surface area contributed by atoms with Crippen LogP contribution >= 0.6 is 0 Å². The lowest BCUT2D eigenvalue weighted by atomic mass is 10.0. The molecule has 2 N–H and O–H groups in total. The van der Waals surface area contributed by atoms with Gasteiger partial charge < -0.3 is 15.3 Å². The van der Waals surface area contributed by atoms with E-state index in [-0.39, 0.29) is 13.0 Å². The standard InChI is InChI=1S/C10H17N3O3/c1-4-12-9(16)13(7-5-6-11)10(2,3)8(14)15/h4-5,7H2,1-3H3,(H,12,16)(H,14,15). The number of nitrogens with zero attached hydrogens (tertiary/aromatic N) is 2. The zero-order chi connectivity index (χ0) is 12.8. The number of carbonyl (C=O) groups excluding carboxylic acids is 1. The van der Waals surface area contributed by atoms with Gasteiger partial charge >= 0.3 is 12.0 Å². The van der Waals surface area contributed by atoms with Gasteiger partial charge in [0.1, 0.15) is 5.54 Å². The summed E-state index contributed by atoms with van der Waals surface area (Å²) in [5, 5.41) is 20.0. The normalized spacial score (nSPS) is 10.4. The predicted octanol–water partition coefficient (Wildman–Crippen LogP) is 0.795. The minimum atomic E-state index is -1.32. The third kappa shape index (κ3) is 3.42. The van der Waals surface area contributed by atoms with Crippen LogP contribution < -0.4 is 5.32 Å². The molecule has 0 spiro atoms. The summed E-state index contributed by atoms with van der Waals surface area (Å²) < 4.78 is 0. The highest BCUT2D eigenvalue weighted by Gasteiger charge is 2.37. The van der Waals surface area contributed by atoms with Crippen LogP contribution in [0.15, 0.2) is 0 Å². The smallest absolute Gasteiger partial charge is 0.329 e. The second kappa shape index (κ2) is 5.95. The minimum Gasteiger partial charge on any atom is -0.480 e. The largest absolute Gasteiger partial charge is 0.480 e. The molecular weight excluding hydrogens is 210 g/mol. The second-order valence-electron chi connectivity index (χ2n) is 3.76. The molecule has 6 heteroatoms. The van der Waals surface area contributed by atoms with Crippen molar-refractivity contribution < 1.29 is 14.7 Å². The Kier molecular flexibility index (Phi) is 5.30. The third-order valence-electron chi connectivity index (χ3n) is 2.22. The van der Waals surface area contributed by atoms with Crippen molar-refractivity contribution in [2.75, 3.05) is 13.1 Å². The summed E-state index contributed by atoms with van der Waals surface area (Å²) >= 11 is 0. The average Bonchev–Trinajstić information content (AvgIpc) is 2.18. The molecule has 0 saturated carbocycles. The van der Waals surface area contributed by atoms with Crippen LogP contribution in [-0.4, -0.2) is 40.6 Å². The molecule has 0 aromatic rings. The number of carboxylic acids is 1. The fraction of sp³-hybridized carbons (Fsp3) is 0.700. The molecule has 0 aliphatic carbocycles. The quantitative estimate of drug-likeness (QED) is 0.726. The van der Waals surface area contributed by atoms with E-state index in [4.69, 9.17) is 10.4 Å². The Balaban J connectivity index is 4.86. The summed E-state index contributed by atoms with van der Waals surface area (Å²) in [6.45, 7) is 5.12. The Bertz CT molecular complexity index is 307. The van der Waals surface area contributed by atoms with Gasteiger partial charge in [0.2, 0.25) is 0 Å². The maximum Gasteiger partial charge on any atom is 0.329 e. The molecule has 2 amide bonds. The number of rotatable bonds is 5. The van der Waals surface area contributed by atoms with Crippen LogP contribution in [-0.2, 0) is 4.79 Å². The molecular formula is C10H17N3O3. The molecule has 6 nitrogen and oxygen atoms in total. The number of carbonyl (C=O) groups is 2. The van der Waals surface area contributed by atoms with Crippen LogP contribution in [0.3, 0.4) is 0 Å². The topological polar surface area (TPSA) is 93.4 Å². The SMILES string of the molecule is CCNC(=O)N(CCC#N)C(C)(C)C(=O)O. The number of nitriles is 1. The van der Waals surface area contributed by atoms with Crippen LogP contribution in [0.4, 0.5) is 4.79 Å². The van der Waals surface area contributed by atoms with E-state index >= 15 is 0 Å². The molecule has 0 aliphatic heterocycles. The Labute approximate surface area is 94.8 Å². The second-order valence-corrected chi connectivity index (χ2v) is 3.76. The summed E-state index contributed by atoms with van der Waals surface area (Å²) in [5.74, 6) is -1.10. The molecule has 90 valence electrons. The molecule has 0 unspecified atom stereocenters. The highest BCUT2D eigenvalue weighted by molar-refractivity contribution is 5.85. The average molecular weight is 227 g/mol. The number of amides is 2. The van der Waals surface area contributed by atoms with Gasteiger partial charge in [-0.15, -0.1) is 0 Å². The van der Waals surface area contributed by atoms with Crippen molar-refractivity contribution >= 4 is 12.0 Å². The van der Waals surface area contributed by atoms with Crippen LogP contribution in [0.5, 0.6) is 0 Å². The Morgan fingerprint density at radius 3 is 2.44 bits per heavy atom. The van der Waals surface area contributed by atoms with E-state index in [1.54, 1.807) is 6.92 Å². The fourth-order valence-corrected chi connectivity index (χ4v) is 1.16. The summed E-state index contributed by atoms with van der Waals surface area (Å²) in [5.41, 5.74) is -1.32. The number of hydrogen-bond acceptors (Lipinski definition) is 3. The number of urea groups is 1. The lowest BCUT2D eigenvalue weighted by molar-refractivity contribution is -0.147. The van der Waals surface area contributed by atoms with Gasteiger partial charge in [-0.1, -0.05) is 0 Å². The summed E-state index contributed by atoms with van der Waals surface area (Å²) in [6, 6.07) is 1.42. The number of carboxylic acid groups (broad SMARTS) is 1. The van der Waals surface area contributed by atoms with Crippen molar-refractivity contribution in [2.45, 2.75) is 32.7 Å². The lowest BCUT2D eigenvalue weighted by Gasteiger charge is -2.34. The first-order valence-corrected chi connectivity index (χ1v) is 5.03. The molecule has 0 heterocycles. The van der Waals surface area contributed by atoms with Crippen molar-refractivity contribution in [3.05, 3.63) is 0 Å². The molecule has 0 radical (unpaired) electrons. The molecule has 0 aromatic carbocycles. The first-order valence-electron chi connectivity index (χ1n) is 5.03. The lowest BCUT2D eigenvalue weighted by Crippen LogP contribution is -2.56. The van der Waals surface area contributed by atoms with Gasteiger partial charge in [0, 0.05) is 13.1 Å². The van der Waals surface area contributed by atoms with Crippen LogP contribution in [0.25, 0.3) is 0 Å². The van der Waals surface area contributed by atoms with Crippen molar-refractivity contribution in [2.24, 2.45) is 0 Å². The van der Waals surface area contributed by atoms with Gasteiger partial charge in [-0.3, -0.25) is 0 Å². The Morgan fingerprint density at radius 2 is 2.06 bits per heavy atom. The first kappa shape index (κ1) is 14.2. The monoisotopic (exact) mass is 227 g/mol. The predicted molar refractivity (Wildman–Crippen MR) is 57.7 cm³/mol. The molecule has 0 aromatic heterocycles. The van der Waals surface area contributed by atoms with Gasteiger partial charge in [0.25, 0.3) is 0 Å². The van der Waals surface area contributed by atoms with Crippen LogP contribution in [0.1, 0.15) is 27.2 Å². The van der Waals surface area contributed by atoms with E-state index in [2.05, 4.69) is 5.32 Å². The van der Waals surface area contributed by atoms with Crippen molar-refractivity contribution in [3.63, 3.8) is 0 Å². The molecule has 0 aliphatic rings. The highest BCUT2D eigenvalue weighted by atomic mass is 16.4. The molecule has 0 atom stereocenters. The third-order valence-corrected chi connectivity index (χ3v) is 2.22. The highest BCUT2D eigenvalue weighted by Crippen LogP contribution is 2.15. The zero-order valence-corrected chi connectivity index (χ0v) is 9.78. The van der Waals surface area contributed by atoms with Crippen molar-refractivity contribution in [1.82, 2.24) is 10.2 Å². The van der Waals surface area contributed by atoms with Crippen LogP contribution in [0, 0.1) is 11.3 Å². The van der Waals surface area contributed by atoms with Crippen molar-refractivity contribution in [3.8, 4) is 6.07 Å². The fourth-order valence-electron chi connectivity index (χ4n) is 1.16. The number of aliphatic carboxylic acids is 1. The van der Waals surface area contributed by atoms with E-state index in [1.165, 1.54) is 13.8 Å².